The number of ether oxygens (including phenoxy) is 2. The molecule has 2 N–H and O–H groups in total. The minimum absolute atomic E-state index is 0.0289. The van der Waals surface area contributed by atoms with E-state index in [-0.39, 0.29) is 34.2 Å². The molecule has 1 heterocycles. The first-order valence-corrected chi connectivity index (χ1v) is 8.99. The van der Waals surface area contributed by atoms with Crippen LogP contribution in [0.1, 0.15) is 17.3 Å². The van der Waals surface area contributed by atoms with E-state index in [4.69, 9.17) is 0 Å². The molecule has 0 spiro atoms. The lowest BCUT2D eigenvalue weighted by molar-refractivity contribution is -0.286. The van der Waals surface area contributed by atoms with Crippen LogP contribution in [0.15, 0.2) is 47.4 Å². The molecule has 2 aromatic rings. The van der Waals surface area contributed by atoms with Gasteiger partial charge in [0.25, 0.3) is 5.91 Å². The Bertz CT molecular complexity index is 946. The van der Waals surface area contributed by atoms with Gasteiger partial charge in [0.2, 0.25) is 10.0 Å². The molecule has 1 aliphatic heterocycles. The van der Waals surface area contributed by atoms with Gasteiger partial charge in [0.15, 0.2) is 11.5 Å². The summed E-state index contributed by atoms with van der Waals surface area (Å²) in [6.07, 6.45) is -3.74. The Hall–Kier alpha value is -2.72. The molecular formula is C16H14F2N2O5S. The van der Waals surface area contributed by atoms with E-state index >= 15 is 0 Å². The lowest BCUT2D eigenvalue weighted by atomic mass is 10.2. The summed E-state index contributed by atoms with van der Waals surface area (Å²) in [6, 6.07) is 9.13. The summed E-state index contributed by atoms with van der Waals surface area (Å²) < 4.78 is 60.7. The molecule has 0 fully saturated rings. The van der Waals surface area contributed by atoms with Crippen molar-refractivity contribution in [1.29, 1.82) is 0 Å². The van der Waals surface area contributed by atoms with Crippen molar-refractivity contribution in [2.45, 2.75) is 18.1 Å². The summed E-state index contributed by atoms with van der Waals surface area (Å²) in [7, 11) is -3.61. The van der Waals surface area contributed by atoms with Crippen molar-refractivity contribution in [2.24, 2.45) is 0 Å². The zero-order chi connectivity index (χ0) is 18.9. The van der Waals surface area contributed by atoms with Gasteiger partial charge >= 0.3 is 6.29 Å². The Kier molecular flexibility index (Phi) is 4.55. The molecule has 0 saturated carbocycles. The van der Waals surface area contributed by atoms with Crippen LogP contribution in [0.2, 0.25) is 0 Å². The van der Waals surface area contributed by atoms with Crippen LogP contribution in [0, 0.1) is 0 Å². The number of carbonyl (C=O) groups excluding carboxylic acids is 1. The third-order valence-electron chi connectivity index (χ3n) is 3.42. The highest BCUT2D eigenvalue weighted by Gasteiger charge is 2.43. The number of hydrogen-bond acceptors (Lipinski definition) is 5. The number of rotatable bonds is 5. The monoisotopic (exact) mass is 384 g/mol. The molecule has 0 aromatic heterocycles. The summed E-state index contributed by atoms with van der Waals surface area (Å²) in [5.74, 6) is -0.867. The molecule has 7 nitrogen and oxygen atoms in total. The van der Waals surface area contributed by atoms with E-state index in [1.807, 2.05) is 0 Å². The molecule has 0 aliphatic carbocycles. The van der Waals surface area contributed by atoms with Gasteiger partial charge < -0.3 is 14.8 Å². The van der Waals surface area contributed by atoms with Crippen molar-refractivity contribution in [3.8, 4) is 11.5 Å². The van der Waals surface area contributed by atoms with Gasteiger partial charge in [0.1, 0.15) is 0 Å². The third-order valence-corrected chi connectivity index (χ3v) is 4.98. The fourth-order valence-electron chi connectivity index (χ4n) is 2.29. The lowest BCUT2D eigenvalue weighted by Crippen LogP contribution is -2.25. The van der Waals surface area contributed by atoms with Crippen LogP contribution >= 0.6 is 0 Å². The normalized spacial score (nSPS) is 14.9. The van der Waals surface area contributed by atoms with Gasteiger partial charge in [-0.3, -0.25) is 4.79 Å². The first-order valence-electron chi connectivity index (χ1n) is 7.51. The van der Waals surface area contributed by atoms with Gasteiger partial charge in [-0.05, 0) is 36.4 Å². The number of alkyl halides is 2. The highest BCUT2D eigenvalue weighted by atomic mass is 32.2. The number of anilines is 1. The number of nitrogens with one attached hydrogen (secondary N) is 2. The summed E-state index contributed by atoms with van der Waals surface area (Å²) in [5, 5.41) is 2.51. The molecule has 0 radical (unpaired) electrons. The Labute approximate surface area is 148 Å². The molecule has 10 heteroatoms. The van der Waals surface area contributed by atoms with Crippen LogP contribution in [0.3, 0.4) is 0 Å². The number of hydrogen-bond donors (Lipinski definition) is 2. The van der Waals surface area contributed by atoms with E-state index < -0.39 is 22.2 Å². The van der Waals surface area contributed by atoms with Gasteiger partial charge in [0, 0.05) is 23.9 Å². The van der Waals surface area contributed by atoms with Crippen LogP contribution < -0.4 is 19.5 Å². The number of halogens is 2. The lowest BCUT2D eigenvalue weighted by Gasteiger charge is -2.08. The number of amides is 1. The molecule has 0 bridgehead atoms. The summed E-state index contributed by atoms with van der Waals surface area (Å²) in [4.78, 5) is 12.3. The van der Waals surface area contributed by atoms with Crippen LogP contribution in [0.5, 0.6) is 11.5 Å². The maximum atomic E-state index is 13.0. The van der Waals surface area contributed by atoms with Crippen molar-refractivity contribution in [2.75, 3.05) is 11.9 Å². The fourth-order valence-corrected chi connectivity index (χ4v) is 3.33. The molecule has 1 aliphatic rings. The van der Waals surface area contributed by atoms with Gasteiger partial charge in [-0.2, -0.15) is 0 Å². The van der Waals surface area contributed by atoms with E-state index in [0.29, 0.717) is 0 Å². The Morgan fingerprint density at radius 2 is 1.73 bits per heavy atom. The molecule has 0 atom stereocenters. The van der Waals surface area contributed by atoms with Crippen molar-refractivity contribution < 1.29 is 31.5 Å². The average molecular weight is 384 g/mol. The summed E-state index contributed by atoms with van der Waals surface area (Å²) in [5.41, 5.74) is 0.419. The highest BCUT2D eigenvalue weighted by Crippen LogP contribution is 2.42. The SMILES string of the molecule is CCNS(=O)(=O)c1ccc(C(=O)Nc2ccc3c(c2)OC(F)(F)O3)cc1. The van der Waals surface area contributed by atoms with Crippen molar-refractivity contribution in [1.82, 2.24) is 4.72 Å². The first-order chi connectivity index (χ1) is 12.2. The van der Waals surface area contributed by atoms with Crippen molar-refractivity contribution in [3.63, 3.8) is 0 Å². The number of benzene rings is 2. The van der Waals surface area contributed by atoms with E-state index in [9.17, 15) is 22.0 Å². The van der Waals surface area contributed by atoms with Crippen LogP contribution in [-0.4, -0.2) is 27.2 Å². The minimum atomic E-state index is -3.74. The number of sulfonamides is 1. The van der Waals surface area contributed by atoms with E-state index in [1.165, 1.54) is 42.5 Å². The predicted molar refractivity (Wildman–Crippen MR) is 87.9 cm³/mol. The maximum Gasteiger partial charge on any atom is 0.586 e. The molecule has 1 amide bonds. The molecule has 138 valence electrons. The Balaban J connectivity index is 1.73. The van der Waals surface area contributed by atoms with Crippen molar-refractivity contribution >= 4 is 21.6 Å². The third kappa shape index (κ3) is 3.75. The second kappa shape index (κ2) is 6.54. The smallest absolute Gasteiger partial charge is 0.395 e. The topological polar surface area (TPSA) is 93.7 Å². The molecule has 26 heavy (non-hydrogen) atoms. The highest BCUT2D eigenvalue weighted by molar-refractivity contribution is 7.89. The van der Waals surface area contributed by atoms with E-state index in [0.717, 1.165) is 0 Å². The number of carbonyl (C=O) groups is 1. The maximum absolute atomic E-state index is 13.0. The van der Waals surface area contributed by atoms with Gasteiger partial charge in [-0.1, -0.05) is 6.92 Å². The molecular weight excluding hydrogens is 370 g/mol. The van der Waals surface area contributed by atoms with Gasteiger partial charge in [0.05, 0.1) is 4.90 Å². The van der Waals surface area contributed by atoms with Crippen LogP contribution in [-0.2, 0) is 10.0 Å². The largest absolute Gasteiger partial charge is 0.586 e. The second-order valence-electron chi connectivity index (χ2n) is 5.31. The van der Waals surface area contributed by atoms with Gasteiger partial charge in [-0.25, -0.2) is 13.1 Å². The minimum Gasteiger partial charge on any atom is -0.395 e. The average Bonchev–Trinajstić information content (AvgIpc) is 2.88. The molecule has 0 saturated heterocycles. The standard InChI is InChI=1S/C16H14F2N2O5S/c1-2-19-26(22,23)12-6-3-10(4-7-12)15(21)20-11-5-8-13-14(9-11)25-16(17,18)24-13/h3-9,19H,2H2,1H3,(H,20,21). The van der Waals surface area contributed by atoms with Crippen LogP contribution in [0.25, 0.3) is 0 Å². The predicted octanol–water partition coefficient (Wildman–Crippen LogP) is 2.56. The summed E-state index contributed by atoms with van der Waals surface area (Å²) in [6.45, 7) is 1.90. The zero-order valence-electron chi connectivity index (χ0n) is 13.5. The second-order valence-corrected chi connectivity index (χ2v) is 7.08. The number of fused-ring (bicyclic) bond motifs is 1. The Morgan fingerprint density at radius 3 is 2.38 bits per heavy atom. The fraction of sp³-hybridized carbons (Fsp3) is 0.188. The van der Waals surface area contributed by atoms with E-state index in [1.54, 1.807) is 6.92 Å². The van der Waals surface area contributed by atoms with E-state index in [2.05, 4.69) is 19.5 Å². The summed E-state index contributed by atoms with van der Waals surface area (Å²) >= 11 is 0. The molecule has 2 aromatic carbocycles. The molecule has 3 rings (SSSR count). The first kappa shape index (κ1) is 18.1. The van der Waals surface area contributed by atoms with Crippen LogP contribution in [0.4, 0.5) is 14.5 Å². The quantitative estimate of drug-likeness (QED) is 0.826. The zero-order valence-corrected chi connectivity index (χ0v) is 14.3. The molecule has 0 unspecified atom stereocenters. The van der Waals surface area contributed by atoms with Gasteiger partial charge in [-0.15, -0.1) is 8.78 Å². The van der Waals surface area contributed by atoms with Crippen molar-refractivity contribution in [3.05, 3.63) is 48.0 Å². The Morgan fingerprint density at radius 1 is 1.08 bits per heavy atom.